The van der Waals surface area contributed by atoms with E-state index in [1.807, 2.05) is 47.3 Å². The smallest absolute Gasteiger partial charge is 0.273 e. The van der Waals surface area contributed by atoms with Crippen molar-refractivity contribution in [2.24, 2.45) is 5.10 Å². The molecule has 0 saturated carbocycles. The number of carbonyl (C=O) groups is 1. The normalized spacial score (nSPS) is 11.0. The first-order chi connectivity index (χ1) is 11.1. The maximum Gasteiger partial charge on any atom is 0.273 e. The first-order valence-electron chi connectivity index (χ1n) is 6.66. The Hall–Kier alpha value is -1.87. The van der Waals surface area contributed by atoms with Crippen LogP contribution in [0.2, 0.25) is 0 Å². The van der Waals surface area contributed by atoms with Crippen LogP contribution in [-0.4, -0.2) is 16.7 Å². The van der Waals surface area contributed by atoms with Crippen molar-refractivity contribution >= 4 is 50.6 Å². The molecule has 0 bridgehead atoms. The van der Waals surface area contributed by atoms with Crippen LogP contribution in [0.1, 0.15) is 16.1 Å². The van der Waals surface area contributed by atoms with Gasteiger partial charge in [0.1, 0.15) is 5.76 Å². The summed E-state index contributed by atoms with van der Waals surface area (Å²) in [4.78, 5) is 12.3. The fourth-order valence-electron chi connectivity index (χ4n) is 2.03. The lowest BCUT2D eigenvalue weighted by Gasteiger charge is -2.08. The number of hydrogen-bond donors (Lipinski definition) is 1. The molecule has 3 aromatic rings. The van der Waals surface area contributed by atoms with E-state index in [1.165, 1.54) is 6.21 Å². The lowest BCUT2D eigenvalue weighted by Crippen LogP contribution is -2.19. The maximum absolute atomic E-state index is 12.3. The molecule has 0 atom stereocenters. The van der Waals surface area contributed by atoms with Crippen molar-refractivity contribution in [3.05, 3.63) is 74.4 Å². The molecule has 0 fully saturated rings. The lowest BCUT2D eigenvalue weighted by molar-refractivity contribution is 0.0955. The van der Waals surface area contributed by atoms with E-state index in [2.05, 4.69) is 49.0 Å². The first kappa shape index (κ1) is 16.0. The number of hydrogen-bond acceptors (Lipinski definition) is 3. The zero-order valence-corrected chi connectivity index (χ0v) is 15.5. The van der Waals surface area contributed by atoms with Gasteiger partial charge in [-0.15, -0.1) is 0 Å². The van der Waals surface area contributed by atoms with Crippen molar-refractivity contribution in [2.45, 2.75) is 0 Å². The zero-order valence-electron chi connectivity index (χ0n) is 11.7. The molecule has 0 unspecified atom stereocenters. The second-order valence-electron chi connectivity index (χ2n) is 4.58. The molecule has 2 heterocycles. The predicted molar refractivity (Wildman–Crippen MR) is 100.0 cm³/mol. The summed E-state index contributed by atoms with van der Waals surface area (Å²) in [7, 11) is 0. The van der Waals surface area contributed by atoms with Crippen molar-refractivity contribution in [3.63, 3.8) is 0 Å². The first-order valence-corrected chi connectivity index (χ1v) is 8.53. The van der Waals surface area contributed by atoms with Crippen LogP contribution in [0, 0.1) is 3.77 Å². The number of nitrogens with zero attached hydrogens (tertiary/aromatic N) is 2. The van der Waals surface area contributed by atoms with E-state index < -0.39 is 0 Å². The molecule has 0 saturated heterocycles. The van der Waals surface area contributed by atoms with Gasteiger partial charge in [0.25, 0.3) is 5.91 Å². The largest absolute Gasteiger partial charge is 0.448 e. The quantitative estimate of drug-likeness (QED) is 0.343. The minimum absolute atomic E-state index is 0.286. The van der Waals surface area contributed by atoms with Crippen LogP contribution in [0.5, 0.6) is 0 Å². The Labute approximate surface area is 154 Å². The van der Waals surface area contributed by atoms with Gasteiger partial charge < -0.3 is 8.98 Å². The van der Waals surface area contributed by atoms with E-state index in [-0.39, 0.29) is 5.91 Å². The van der Waals surface area contributed by atoms with Gasteiger partial charge in [0.05, 0.1) is 21.9 Å². The number of halogens is 2. The van der Waals surface area contributed by atoms with Crippen LogP contribution < -0.4 is 5.43 Å². The number of hydrazone groups is 1. The van der Waals surface area contributed by atoms with Gasteiger partial charge in [0.2, 0.25) is 0 Å². The van der Waals surface area contributed by atoms with Gasteiger partial charge in [-0.25, -0.2) is 5.43 Å². The highest BCUT2D eigenvalue weighted by Crippen LogP contribution is 2.22. The van der Waals surface area contributed by atoms with Crippen LogP contribution in [0.15, 0.2) is 68.8 Å². The Morgan fingerprint density at radius 1 is 1.26 bits per heavy atom. The number of nitrogens with one attached hydrogen (secondary N) is 1. The van der Waals surface area contributed by atoms with Gasteiger partial charge in [0, 0.05) is 41.1 Å². The highest BCUT2D eigenvalue weighted by molar-refractivity contribution is 14.1. The molecule has 1 N–H and O–H groups in total. The number of carbonyl (C=O) groups excluding carboxylic acids is 1. The van der Waals surface area contributed by atoms with Crippen LogP contribution in [0.4, 0.5) is 0 Å². The average molecular weight is 484 g/mol. The average Bonchev–Trinajstić information content (AvgIpc) is 3.18. The molecule has 1 amide bonds. The summed E-state index contributed by atoms with van der Waals surface area (Å²) in [6.07, 6.45) is 5.23. The SMILES string of the molecule is O=C(N/N=C\c1cc(Br)c(I)o1)c1ccccc1-n1cccc1. The topological polar surface area (TPSA) is 59.5 Å². The molecule has 0 spiro atoms. The van der Waals surface area contributed by atoms with E-state index >= 15 is 0 Å². The number of rotatable bonds is 4. The summed E-state index contributed by atoms with van der Waals surface area (Å²) >= 11 is 5.42. The molecule has 7 heteroatoms. The van der Waals surface area contributed by atoms with E-state index in [1.54, 1.807) is 12.1 Å². The third-order valence-corrected chi connectivity index (χ3v) is 5.18. The summed E-state index contributed by atoms with van der Waals surface area (Å²) in [5, 5.41) is 3.94. The van der Waals surface area contributed by atoms with Crippen LogP contribution >= 0.6 is 38.5 Å². The van der Waals surface area contributed by atoms with E-state index in [0.717, 1.165) is 13.9 Å². The fourth-order valence-corrected chi connectivity index (χ4v) is 2.74. The summed E-state index contributed by atoms with van der Waals surface area (Å²) in [6, 6.07) is 12.9. The molecular weight excluding hydrogens is 473 g/mol. The minimum Gasteiger partial charge on any atom is -0.448 e. The molecule has 2 aromatic heterocycles. The minimum atomic E-state index is -0.286. The molecule has 116 valence electrons. The highest BCUT2D eigenvalue weighted by atomic mass is 127. The van der Waals surface area contributed by atoms with Crippen molar-refractivity contribution in [3.8, 4) is 5.69 Å². The molecule has 23 heavy (non-hydrogen) atoms. The molecule has 1 aromatic carbocycles. The standard InChI is InChI=1S/C16H11BrIN3O2/c17-13-9-11(23-15(13)18)10-19-20-16(22)12-5-1-2-6-14(12)21-7-3-4-8-21/h1-10H,(H,20,22)/b19-10-. The summed E-state index contributed by atoms with van der Waals surface area (Å²) in [6.45, 7) is 0. The molecular formula is C16H11BrIN3O2. The Morgan fingerprint density at radius 2 is 2.00 bits per heavy atom. The van der Waals surface area contributed by atoms with E-state index in [4.69, 9.17) is 4.42 Å². The molecule has 5 nitrogen and oxygen atoms in total. The monoisotopic (exact) mass is 483 g/mol. The van der Waals surface area contributed by atoms with Gasteiger partial charge in [-0.1, -0.05) is 12.1 Å². The molecule has 3 rings (SSSR count). The molecule has 0 radical (unpaired) electrons. The van der Waals surface area contributed by atoms with Crippen LogP contribution in [0.25, 0.3) is 5.69 Å². The second-order valence-corrected chi connectivity index (χ2v) is 6.41. The van der Waals surface area contributed by atoms with Crippen molar-refractivity contribution in [2.75, 3.05) is 0 Å². The third-order valence-electron chi connectivity index (χ3n) is 3.05. The highest BCUT2D eigenvalue weighted by Gasteiger charge is 2.11. The van der Waals surface area contributed by atoms with E-state index in [9.17, 15) is 4.79 Å². The zero-order chi connectivity index (χ0) is 16.2. The van der Waals surface area contributed by atoms with E-state index in [0.29, 0.717) is 11.3 Å². The molecule has 0 aliphatic rings. The lowest BCUT2D eigenvalue weighted by atomic mass is 10.1. The summed E-state index contributed by atoms with van der Waals surface area (Å²) in [5.41, 5.74) is 3.85. The second kappa shape index (κ2) is 7.14. The van der Waals surface area contributed by atoms with Gasteiger partial charge in [-0.2, -0.15) is 5.10 Å². The van der Waals surface area contributed by atoms with Crippen molar-refractivity contribution in [1.29, 1.82) is 0 Å². The predicted octanol–water partition coefficient (Wildman–Crippen LogP) is 4.20. The Morgan fingerprint density at radius 3 is 2.70 bits per heavy atom. The Kier molecular flexibility index (Phi) is 4.97. The Balaban J connectivity index is 1.76. The third kappa shape index (κ3) is 3.73. The summed E-state index contributed by atoms with van der Waals surface area (Å²) < 4.78 is 8.88. The number of aromatic nitrogens is 1. The van der Waals surface area contributed by atoms with Crippen molar-refractivity contribution in [1.82, 2.24) is 9.99 Å². The molecule has 0 aliphatic heterocycles. The number of amides is 1. The van der Waals surface area contributed by atoms with Gasteiger partial charge in [-0.05, 0) is 40.2 Å². The number of benzene rings is 1. The molecule has 0 aliphatic carbocycles. The number of para-hydroxylation sites is 1. The van der Waals surface area contributed by atoms with Gasteiger partial charge in [-0.3, -0.25) is 4.79 Å². The maximum atomic E-state index is 12.3. The van der Waals surface area contributed by atoms with Gasteiger partial charge in [0.15, 0.2) is 3.77 Å². The number of furan rings is 1. The Bertz CT molecular complexity index is 837. The van der Waals surface area contributed by atoms with Crippen molar-refractivity contribution < 1.29 is 9.21 Å². The fraction of sp³-hybridized carbons (Fsp3) is 0. The van der Waals surface area contributed by atoms with Gasteiger partial charge >= 0.3 is 0 Å². The summed E-state index contributed by atoms with van der Waals surface area (Å²) in [5.74, 6) is 0.270. The van der Waals surface area contributed by atoms with Crippen LogP contribution in [-0.2, 0) is 0 Å². The van der Waals surface area contributed by atoms with Crippen LogP contribution in [0.3, 0.4) is 0 Å².